The molecule has 0 bridgehead atoms. The van der Waals surface area contributed by atoms with Gasteiger partial charge >= 0.3 is 0 Å². The fourth-order valence-corrected chi connectivity index (χ4v) is 7.85. The van der Waals surface area contributed by atoms with Gasteiger partial charge in [0.05, 0.1) is 37.0 Å². The van der Waals surface area contributed by atoms with E-state index in [9.17, 15) is 18.0 Å². The number of carbonyl (C=O) groups is 2. The Balaban J connectivity index is 1.17. The molecule has 1 fully saturated rings. The van der Waals surface area contributed by atoms with E-state index in [1.54, 1.807) is 0 Å². The summed E-state index contributed by atoms with van der Waals surface area (Å²) in [6, 6.07) is 21.3. The Labute approximate surface area is 278 Å². The molecule has 1 saturated heterocycles. The number of rotatable bonds is 11. The number of aryl methyl sites for hydroxylation is 1. The fraction of sp³-hybridized carbons (Fsp3) is 0.333. The number of carbonyl (C=O) groups excluding carboxylic acids is 2. The number of fused-ring (bicyclic) bond motifs is 1. The van der Waals surface area contributed by atoms with Crippen LogP contribution in [0.3, 0.4) is 0 Å². The summed E-state index contributed by atoms with van der Waals surface area (Å²) < 4.78 is 40.0. The van der Waals surface area contributed by atoms with Crippen LogP contribution in [0.2, 0.25) is 0 Å². The van der Waals surface area contributed by atoms with E-state index in [1.807, 2.05) is 58.9 Å². The number of hydrogen-bond donors (Lipinski definition) is 1. The van der Waals surface area contributed by atoms with Gasteiger partial charge in [0.2, 0.25) is 15.9 Å². The van der Waals surface area contributed by atoms with Crippen molar-refractivity contribution in [1.82, 2.24) is 24.4 Å². The first-order valence-electron chi connectivity index (χ1n) is 15.5. The number of amides is 2. The van der Waals surface area contributed by atoms with Gasteiger partial charge in [0.25, 0.3) is 5.91 Å². The molecule has 0 unspecified atom stereocenters. The van der Waals surface area contributed by atoms with E-state index in [0.29, 0.717) is 61.7 Å². The maximum absolute atomic E-state index is 13.4. The lowest BCUT2D eigenvalue weighted by molar-refractivity contribution is -0.116. The van der Waals surface area contributed by atoms with Crippen LogP contribution in [0.15, 0.2) is 82.8 Å². The van der Waals surface area contributed by atoms with Crippen molar-refractivity contribution in [3.05, 3.63) is 89.7 Å². The molecule has 246 valence electrons. The first-order chi connectivity index (χ1) is 22.8. The Morgan fingerprint density at radius 1 is 0.957 bits per heavy atom. The Kier molecular flexibility index (Phi) is 10.2. The Bertz CT molecular complexity index is 1820. The van der Waals surface area contributed by atoms with E-state index < -0.39 is 15.9 Å². The first kappa shape index (κ1) is 32.7. The van der Waals surface area contributed by atoms with Crippen LogP contribution < -0.4 is 15.0 Å². The molecule has 2 amide bonds. The number of nitrogens with one attached hydrogen (secondary N) is 1. The van der Waals surface area contributed by atoms with E-state index >= 15 is 0 Å². The van der Waals surface area contributed by atoms with Gasteiger partial charge in [-0.2, -0.15) is 4.31 Å². The average Bonchev–Trinajstić information content (AvgIpc) is 3.52. The van der Waals surface area contributed by atoms with Gasteiger partial charge in [-0.3, -0.25) is 14.2 Å². The fourth-order valence-electron chi connectivity index (χ4n) is 5.60. The van der Waals surface area contributed by atoms with E-state index in [-0.39, 0.29) is 23.1 Å². The predicted molar refractivity (Wildman–Crippen MR) is 178 cm³/mol. The summed E-state index contributed by atoms with van der Waals surface area (Å²) in [5, 5.41) is 12.1. The zero-order valence-electron chi connectivity index (χ0n) is 26.0. The number of benzene rings is 3. The van der Waals surface area contributed by atoms with Gasteiger partial charge in [-0.15, -0.1) is 10.2 Å². The summed E-state index contributed by atoms with van der Waals surface area (Å²) in [6.45, 7) is 4.44. The number of anilines is 1. The molecule has 4 aromatic rings. The van der Waals surface area contributed by atoms with Crippen molar-refractivity contribution < 1.29 is 27.5 Å². The van der Waals surface area contributed by atoms with Crippen molar-refractivity contribution >= 4 is 39.3 Å². The van der Waals surface area contributed by atoms with Gasteiger partial charge in [-0.1, -0.05) is 30.0 Å². The zero-order chi connectivity index (χ0) is 32.8. The number of thioether (sulfide) groups is 1. The summed E-state index contributed by atoms with van der Waals surface area (Å²) >= 11 is 1.29. The molecule has 3 heterocycles. The maximum Gasteiger partial charge on any atom is 0.251 e. The molecular weight excluding hydrogens is 641 g/mol. The largest absolute Gasteiger partial charge is 0.494 e. The maximum atomic E-state index is 13.4. The molecule has 47 heavy (non-hydrogen) atoms. The van der Waals surface area contributed by atoms with Gasteiger partial charge in [0.1, 0.15) is 5.75 Å². The lowest BCUT2D eigenvalue weighted by Crippen LogP contribution is -2.40. The predicted octanol–water partition coefficient (Wildman–Crippen LogP) is 3.69. The number of ether oxygens (including phenoxy) is 2. The number of nitrogens with zero attached hydrogens (tertiary/aromatic N) is 5. The summed E-state index contributed by atoms with van der Waals surface area (Å²) in [4.78, 5) is 28.5. The average molecular weight is 677 g/mol. The van der Waals surface area contributed by atoms with Crippen molar-refractivity contribution in [1.29, 1.82) is 0 Å². The highest BCUT2D eigenvalue weighted by Gasteiger charge is 2.27. The molecule has 0 aliphatic carbocycles. The van der Waals surface area contributed by atoms with Crippen LogP contribution in [0, 0.1) is 0 Å². The highest BCUT2D eigenvalue weighted by atomic mass is 32.2. The monoisotopic (exact) mass is 676 g/mol. The molecule has 3 aromatic carbocycles. The van der Waals surface area contributed by atoms with Crippen molar-refractivity contribution in [2.75, 3.05) is 50.1 Å². The summed E-state index contributed by atoms with van der Waals surface area (Å²) in [6.07, 6.45) is 1.86. The van der Waals surface area contributed by atoms with E-state index in [0.717, 1.165) is 24.2 Å². The molecule has 0 atom stereocenters. The van der Waals surface area contributed by atoms with Crippen molar-refractivity contribution in [3.8, 4) is 11.4 Å². The van der Waals surface area contributed by atoms with Gasteiger partial charge in [-0.25, -0.2) is 8.42 Å². The molecule has 0 saturated carbocycles. The Hall–Kier alpha value is -4.24. The van der Waals surface area contributed by atoms with Crippen molar-refractivity contribution in [2.45, 2.75) is 36.4 Å². The minimum Gasteiger partial charge on any atom is -0.494 e. The molecule has 14 heteroatoms. The second-order valence-corrected chi connectivity index (χ2v) is 13.8. The Morgan fingerprint density at radius 2 is 1.70 bits per heavy atom. The van der Waals surface area contributed by atoms with Crippen molar-refractivity contribution in [2.24, 2.45) is 0 Å². The third-order valence-electron chi connectivity index (χ3n) is 7.97. The van der Waals surface area contributed by atoms with Gasteiger partial charge < -0.3 is 19.7 Å². The highest BCUT2D eigenvalue weighted by Crippen LogP contribution is 2.29. The van der Waals surface area contributed by atoms with E-state index in [1.165, 1.54) is 45.9 Å². The topological polar surface area (TPSA) is 136 Å². The molecule has 2 aliphatic rings. The van der Waals surface area contributed by atoms with Crippen LogP contribution in [0.5, 0.6) is 5.75 Å². The smallest absolute Gasteiger partial charge is 0.251 e. The molecule has 1 N–H and O–H groups in total. The highest BCUT2D eigenvalue weighted by molar-refractivity contribution is 7.99. The molecule has 0 spiro atoms. The molecule has 2 aliphatic heterocycles. The normalized spacial score (nSPS) is 15.2. The standard InChI is InChI=1S/C33H36N6O6S2/c1-2-45-27-13-11-26(12-14-27)39-30(35-36-33(39)46-23-31(40)38-17-5-7-24-6-3-4-8-29(24)38)22-34-32(41)25-9-15-28(16-10-25)47(42,43)37-18-20-44-21-19-37/h3-4,6,8-16H,2,5,7,17-23H2,1H3,(H,34,41). The molecule has 12 nitrogen and oxygen atoms in total. The van der Waals surface area contributed by atoms with Crippen LogP contribution in [-0.2, 0) is 32.5 Å². The SMILES string of the molecule is CCOc1ccc(-n2c(CNC(=O)c3ccc(S(=O)(=O)N4CCOCC4)cc3)nnc2SCC(=O)N2CCCc3ccccc32)cc1. The quantitative estimate of drug-likeness (QED) is 0.236. The van der Waals surface area contributed by atoms with Gasteiger partial charge in [-0.05, 0) is 79.9 Å². The van der Waals surface area contributed by atoms with Crippen LogP contribution in [-0.4, -0.2) is 84.5 Å². The zero-order valence-corrected chi connectivity index (χ0v) is 27.6. The lowest BCUT2D eigenvalue weighted by atomic mass is 10.0. The van der Waals surface area contributed by atoms with Crippen molar-refractivity contribution in [3.63, 3.8) is 0 Å². The van der Waals surface area contributed by atoms with Gasteiger partial charge in [0, 0.05) is 36.6 Å². The second-order valence-electron chi connectivity index (χ2n) is 11.0. The third kappa shape index (κ3) is 7.35. The number of para-hydroxylation sites is 1. The lowest BCUT2D eigenvalue weighted by Gasteiger charge is -2.29. The Morgan fingerprint density at radius 3 is 2.45 bits per heavy atom. The second kappa shape index (κ2) is 14.7. The molecule has 1 aromatic heterocycles. The molecule has 6 rings (SSSR count). The summed E-state index contributed by atoms with van der Waals surface area (Å²) in [7, 11) is -3.67. The van der Waals surface area contributed by atoms with E-state index in [4.69, 9.17) is 9.47 Å². The van der Waals surface area contributed by atoms with Crippen LogP contribution >= 0.6 is 11.8 Å². The summed E-state index contributed by atoms with van der Waals surface area (Å²) in [5.74, 6) is 0.931. The third-order valence-corrected chi connectivity index (χ3v) is 10.8. The first-order valence-corrected chi connectivity index (χ1v) is 17.9. The molecular formula is C33H36N6O6S2. The minimum absolute atomic E-state index is 0.0164. The van der Waals surface area contributed by atoms with Crippen LogP contribution in [0.25, 0.3) is 5.69 Å². The number of hydrogen-bond acceptors (Lipinski definition) is 9. The number of morpholine rings is 1. The number of sulfonamides is 1. The van der Waals surface area contributed by atoms with E-state index in [2.05, 4.69) is 21.6 Å². The van der Waals surface area contributed by atoms with Crippen LogP contribution in [0.1, 0.15) is 35.1 Å². The molecule has 0 radical (unpaired) electrons. The van der Waals surface area contributed by atoms with Gasteiger partial charge in [0.15, 0.2) is 11.0 Å². The number of aromatic nitrogens is 3. The summed E-state index contributed by atoms with van der Waals surface area (Å²) in [5.41, 5.74) is 3.17. The van der Waals surface area contributed by atoms with Crippen LogP contribution in [0.4, 0.5) is 5.69 Å². The minimum atomic E-state index is -3.67.